The predicted molar refractivity (Wildman–Crippen MR) is 68.4 cm³/mol. The van der Waals surface area contributed by atoms with Crippen LogP contribution in [0.3, 0.4) is 0 Å². The molecule has 0 atom stereocenters. The Morgan fingerprint density at radius 1 is 1.25 bits per heavy atom. The van der Waals surface area contributed by atoms with Crippen molar-refractivity contribution in [1.29, 1.82) is 0 Å². The number of aryl methyl sites for hydroxylation is 1. The van der Waals surface area contributed by atoms with Crippen LogP contribution in [-0.4, -0.2) is 15.3 Å². The van der Waals surface area contributed by atoms with Gasteiger partial charge < -0.3 is 4.57 Å². The molecule has 104 valence electrons. The second-order valence-corrected chi connectivity index (χ2v) is 4.44. The van der Waals surface area contributed by atoms with Gasteiger partial charge in [0.1, 0.15) is 5.82 Å². The Labute approximate surface area is 112 Å². The second-order valence-electron chi connectivity index (χ2n) is 4.44. The molecule has 0 saturated heterocycles. The van der Waals surface area contributed by atoms with E-state index in [4.69, 9.17) is 0 Å². The summed E-state index contributed by atoms with van der Waals surface area (Å²) in [6.45, 7) is 0.864. The molecule has 3 heterocycles. The molecule has 0 radical (unpaired) electrons. The summed E-state index contributed by atoms with van der Waals surface area (Å²) in [6.07, 6.45) is -0.818. The number of alkyl halides is 3. The Kier molecular flexibility index (Phi) is 2.96. The summed E-state index contributed by atoms with van der Waals surface area (Å²) in [6, 6.07) is 6.13. The largest absolute Gasteiger partial charge is 0.417 e. The summed E-state index contributed by atoms with van der Waals surface area (Å²) >= 11 is 0. The normalized spacial score (nSPS) is 16.4. The zero-order valence-electron chi connectivity index (χ0n) is 10.4. The molecule has 0 aromatic carbocycles. The maximum absolute atomic E-state index is 12.4. The highest BCUT2D eigenvalue weighted by Crippen LogP contribution is 2.28. The Bertz CT molecular complexity index is 640. The van der Waals surface area contributed by atoms with Gasteiger partial charge in [0.05, 0.1) is 17.0 Å². The van der Waals surface area contributed by atoms with Crippen LogP contribution in [0.2, 0.25) is 0 Å². The van der Waals surface area contributed by atoms with Crippen LogP contribution >= 0.6 is 0 Å². The summed E-state index contributed by atoms with van der Waals surface area (Å²) in [5.41, 5.74) is 3.81. The lowest BCUT2D eigenvalue weighted by Gasteiger charge is -2.06. The summed E-state index contributed by atoms with van der Waals surface area (Å²) < 4.78 is 39.2. The SMILES string of the molecule is FC(F)(F)c1ccc(N/N=C2/CCn3cccc32)nc1. The van der Waals surface area contributed by atoms with Crippen molar-refractivity contribution >= 4 is 11.5 Å². The Morgan fingerprint density at radius 2 is 2.10 bits per heavy atom. The quantitative estimate of drug-likeness (QED) is 0.859. The highest BCUT2D eigenvalue weighted by Gasteiger charge is 2.30. The van der Waals surface area contributed by atoms with E-state index in [-0.39, 0.29) is 5.82 Å². The molecule has 2 aromatic rings. The number of anilines is 1. The van der Waals surface area contributed by atoms with Crippen LogP contribution in [0.25, 0.3) is 0 Å². The number of aromatic nitrogens is 2. The van der Waals surface area contributed by atoms with E-state index >= 15 is 0 Å². The summed E-state index contributed by atoms with van der Waals surface area (Å²) in [5, 5.41) is 4.20. The molecule has 1 aliphatic heterocycles. The van der Waals surface area contributed by atoms with Gasteiger partial charge in [0.15, 0.2) is 0 Å². The van der Waals surface area contributed by atoms with E-state index in [0.717, 1.165) is 36.6 Å². The van der Waals surface area contributed by atoms with E-state index < -0.39 is 11.7 Å². The molecule has 2 aromatic heterocycles. The molecular formula is C13H11F3N4. The van der Waals surface area contributed by atoms with Crippen LogP contribution in [0.15, 0.2) is 41.8 Å². The third-order valence-electron chi connectivity index (χ3n) is 3.11. The molecule has 1 aliphatic rings. The molecule has 7 heteroatoms. The minimum atomic E-state index is -4.37. The van der Waals surface area contributed by atoms with Crippen molar-refractivity contribution in [2.45, 2.75) is 19.1 Å². The number of nitrogens with zero attached hydrogens (tertiary/aromatic N) is 3. The molecule has 0 bridgehead atoms. The van der Waals surface area contributed by atoms with Gasteiger partial charge in [-0.15, -0.1) is 0 Å². The van der Waals surface area contributed by atoms with E-state index in [0.29, 0.717) is 0 Å². The Morgan fingerprint density at radius 3 is 2.80 bits per heavy atom. The van der Waals surface area contributed by atoms with Crippen molar-refractivity contribution in [3.8, 4) is 0 Å². The average molecular weight is 280 g/mol. The molecule has 0 aliphatic carbocycles. The number of hydrogen-bond donors (Lipinski definition) is 1. The van der Waals surface area contributed by atoms with Crippen LogP contribution < -0.4 is 5.43 Å². The number of nitrogens with one attached hydrogen (secondary N) is 1. The van der Waals surface area contributed by atoms with Gasteiger partial charge in [-0.2, -0.15) is 18.3 Å². The van der Waals surface area contributed by atoms with Crippen molar-refractivity contribution in [3.63, 3.8) is 0 Å². The van der Waals surface area contributed by atoms with Crippen LogP contribution in [0.4, 0.5) is 19.0 Å². The third-order valence-corrected chi connectivity index (χ3v) is 3.11. The smallest absolute Gasteiger partial charge is 0.346 e. The zero-order chi connectivity index (χ0) is 14.2. The zero-order valence-corrected chi connectivity index (χ0v) is 10.4. The molecule has 3 rings (SSSR count). The monoisotopic (exact) mass is 280 g/mol. The van der Waals surface area contributed by atoms with E-state index in [2.05, 4.69) is 20.1 Å². The predicted octanol–water partition coefficient (Wildman–Crippen LogP) is 3.12. The molecule has 0 amide bonds. The van der Waals surface area contributed by atoms with Gasteiger partial charge >= 0.3 is 6.18 Å². The second kappa shape index (κ2) is 4.66. The van der Waals surface area contributed by atoms with Gasteiger partial charge in [-0.25, -0.2) is 4.98 Å². The van der Waals surface area contributed by atoms with Crippen molar-refractivity contribution in [3.05, 3.63) is 47.9 Å². The highest BCUT2D eigenvalue weighted by molar-refractivity contribution is 6.01. The summed E-state index contributed by atoms with van der Waals surface area (Å²) in [7, 11) is 0. The van der Waals surface area contributed by atoms with Crippen LogP contribution in [0.1, 0.15) is 17.7 Å². The fourth-order valence-electron chi connectivity index (χ4n) is 2.09. The minimum Gasteiger partial charge on any atom is -0.346 e. The number of hydrazone groups is 1. The number of fused-ring (bicyclic) bond motifs is 1. The average Bonchev–Trinajstić information content (AvgIpc) is 2.99. The lowest BCUT2D eigenvalue weighted by atomic mass is 10.2. The molecule has 4 nitrogen and oxygen atoms in total. The lowest BCUT2D eigenvalue weighted by molar-refractivity contribution is -0.137. The Hall–Kier alpha value is -2.31. The van der Waals surface area contributed by atoms with Crippen LogP contribution in [0, 0.1) is 0 Å². The molecule has 0 fully saturated rings. The molecular weight excluding hydrogens is 269 g/mol. The van der Waals surface area contributed by atoms with Crippen molar-refractivity contribution in [1.82, 2.24) is 9.55 Å². The standard InChI is InChI=1S/C13H11F3N4/c14-13(15,16)9-3-4-12(17-8-9)19-18-10-5-7-20-6-1-2-11(10)20/h1-4,6,8H,5,7H2,(H,17,19)/b18-10-. The van der Waals surface area contributed by atoms with E-state index in [1.165, 1.54) is 6.07 Å². The van der Waals surface area contributed by atoms with Crippen molar-refractivity contribution < 1.29 is 13.2 Å². The fourth-order valence-corrected chi connectivity index (χ4v) is 2.09. The van der Waals surface area contributed by atoms with E-state index in [9.17, 15) is 13.2 Å². The molecule has 0 spiro atoms. The number of hydrogen-bond acceptors (Lipinski definition) is 3. The van der Waals surface area contributed by atoms with Gasteiger partial charge in [-0.1, -0.05) is 0 Å². The first-order chi connectivity index (χ1) is 9.54. The highest BCUT2D eigenvalue weighted by atomic mass is 19.4. The molecule has 20 heavy (non-hydrogen) atoms. The van der Waals surface area contributed by atoms with Crippen LogP contribution in [-0.2, 0) is 12.7 Å². The van der Waals surface area contributed by atoms with Crippen molar-refractivity contribution in [2.24, 2.45) is 5.10 Å². The van der Waals surface area contributed by atoms with E-state index in [1.54, 1.807) is 0 Å². The van der Waals surface area contributed by atoms with Gasteiger partial charge in [0.25, 0.3) is 0 Å². The topological polar surface area (TPSA) is 42.2 Å². The molecule has 0 unspecified atom stereocenters. The van der Waals surface area contributed by atoms with Gasteiger partial charge in [0.2, 0.25) is 0 Å². The lowest BCUT2D eigenvalue weighted by Crippen LogP contribution is -2.06. The minimum absolute atomic E-state index is 0.288. The molecule has 0 saturated carbocycles. The first kappa shape index (κ1) is 12.7. The number of rotatable bonds is 2. The Balaban J connectivity index is 1.74. The first-order valence-corrected chi connectivity index (χ1v) is 6.05. The molecule has 1 N–H and O–H groups in total. The number of pyridine rings is 1. The maximum Gasteiger partial charge on any atom is 0.417 e. The van der Waals surface area contributed by atoms with E-state index in [1.807, 2.05) is 18.3 Å². The summed E-state index contributed by atoms with van der Waals surface area (Å²) in [4.78, 5) is 3.70. The third kappa shape index (κ3) is 2.38. The van der Waals surface area contributed by atoms with Gasteiger partial charge in [0, 0.05) is 25.4 Å². The van der Waals surface area contributed by atoms with Crippen LogP contribution in [0.5, 0.6) is 0 Å². The van der Waals surface area contributed by atoms with Crippen molar-refractivity contribution in [2.75, 3.05) is 5.43 Å². The maximum atomic E-state index is 12.4. The summed E-state index contributed by atoms with van der Waals surface area (Å²) in [5.74, 6) is 0.288. The fraction of sp³-hybridized carbons (Fsp3) is 0.231. The van der Waals surface area contributed by atoms with Gasteiger partial charge in [-0.3, -0.25) is 5.43 Å². The number of halogens is 3. The first-order valence-electron chi connectivity index (χ1n) is 6.05. The van der Waals surface area contributed by atoms with Gasteiger partial charge in [-0.05, 0) is 24.3 Å².